The van der Waals surface area contributed by atoms with Crippen molar-refractivity contribution in [1.82, 2.24) is 23.8 Å². The van der Waals surface area contributed by atoms with E-state index in [1.165, 1.54) is 24.4 Å². The molecule has 6 heteroatoms. The summed E-state index contributed by atoms with van der Waals surface area (Å²) in [6, 6.07) is 4.11. The molecule has 0 aromatic carbocycles. The minimum Gasteiger partial charge on any atom is -0.338 e. The molecule has 4 rings (SSSR count). The quantitative estimate of drug-likeness (QED) is 0.707. The summed E-state index contributed by atoms with van der Waals surface area (Å²) in [7, 11) is 2.09. The van der Waals surface area contributed by atoms with Crippen LogP contribution in [-0.4, -0.2) is 36.9 Å². The van der Waals surface area contributed by atoms with Gasteiger partial charge >= 0.3 is 0 Å². The smallest absolute Gasteiger partial charge is 0.138 e. The van der Waals surface area contributed by atoms with Gasteiger partial charge in [-0.3, -0.25) is 4.90 Å². The largest absolute Gasteiger partial charge is 0.338 e. The number of rotatable bonds is 3. The first kappa shape index (κ1) is 14.9. The monoisotopic (exact) mass is 373 g/mol. The third-order valence-electron chi connectivity index (χ3n) is 4.75. The van der Waals surface area contributed by atoms with Crippen molar-refractivity contribution in [3.05, 3.63) is 52.9 Å². The van der Waals surface area contributed by atoms with Crippen LogP contribution in [0.2, 0.25) is 0 Å². The molecule has 1 aliphatic rings. The maximum Gasteiger partial charge on any atom is 0.138 e. The van der Waals surface area contributed by atoms with Gasteiger partial charge in [-0.1, -0.05) is 15.9 Å². The molecule has 0 saturated carbocycles. The van der Waals surface area contributed by atoms with Crippen LogP contribution in [0.15, 0.2) is 41.4 Å². The molecular formula is C17H20BrN5. The first-order valence-corrected chi connectivity index (χ1v) is 8.81. The van der Waals surface area contributed by atoms with E-state index in [0.29, 0.717) is 5.92 Å². The first-order chi connectivity index (χ1) is 11.2. The number of likely N-dealkylation sites (tertiary alicyclic amines) is 1. The second-order valence-corrected chi connectivity index (χ2v) is 7.19. The number of nitrogens with zero attached hydrogens (tertiary/aromatic N) is 5. The molecular weight excluding hydrogens is 354 g/mol. The van der Waals surface area contributed by atoms with Gasteiger partial charge in [0.2, 0.25) is 0 Å². The van der Waals surface area contributed by atoms with Crippen molar-refractivity contribution in [2.24, 2.45) is 7.05 Å². The summed E-state index contributed by atoms with van der Waals surface area (Å²) in [4.78, 5) is 11.5. The Balaban J connectivity index is 1.43. The Bertz CT molecular complexity index is 813. The zero-order valence-corrected chi connectivity index (χ0v) is 14.8. The van der Waals surface area contributed by atoms with Crippen molar-refractivity contribution in [2.75, 3.05) is 13.1 Å². The van der Waals surface area contributed by atoms with Crippen LogP contribution in [-0.2, 0) is 13.6 Å². The fourth-order valence-corrected chi connectivity index (χ4v) is 3.80. The molecule has 5 nitrogen and oxygen atoms in total. The van der Waals surface area contributed by atoms with E-state index in [4.69, 9.17) is 0 Å². The van der Waals surface area contributed by atoms with Crippen LogP contribution in [0.25, 0.3) is 5.65 Å². The van der Waals surface area contributed by atoms with Crippen molar-refractivity contribution < 1.29 is 0 Å². The van der Waals surface area contributed by atoms with E-state index in [0.717, 1.165) is 29.8 Å². The molecule has 0 N–H and O–H groups in total. The van der Waals surface area contributed by atoms with Crippen molar-refractivity contribution in [2.45, 2.75) is 25.3 Å². The Labute approximate surface area is 144 Å². The van der Waals surface area contributed by atoms with Gasteiger partial charge in [0, 0.05) is 42.6 Å². The predicted molar refractivity (Wildman–Crippen MR) is 93.4 cm³/mol. The highest BCUT2D eigenvalue weighted by molar-refractivity contribution is 9.10. The second kappa shape index (κ2) is 6.09. The fraction of sp³-hybridized carbons (Fsp3) is 0.412. The lowest BCUT2D eigenvalue weighted by atomic mass is 9.96. The van der Waals surface area contributed by atoms with Gasteiger partial charge in [-0.15, -0.1) is 0 Å². The molecule has 0 aliphatic carbocycles. The lowest BCUT2D eigenvalue weighted by molar-refractivity contribution is 0.198. The van der Waals surface area contributed by atoms with Gasteiger partial charge < -0.3 is 8.97 Å². The van der Waals surface area contributed by atoms with Crippen molar-refractivity contribution in [1.29, 1.82) is 0 Å². The highest BCUT2D eigenvalue weighted by Gasteiger charge is 2.23. The van der Waals surface area contributed by atoms with Crippen LogP contribution in [0.3, 0.4) is 0 Å². The number of aryl methyl sites for hydroxylation is 1. The summed E-state index contributed by atoms with van der Waals surface area (Å²) in [5.41, 5.74) is 2.25. The van der Waals surface area contributed by atoms with Crippen LogP contribution in [0.4, 0.5) is 0 Å². The summed E-state index contributed by atoms with van der Waals surface area (Å²) in [5.74, 6) is 1.81. The molecule has 4 heterocycles. The Hall–Kier alpha value is -1.66. The normalized spacial score (nSPS) is 17.1. The minimum atomic E-state index is 0.587. The number of imidazole rings is 2. The predicted octanol–water partition coefficient (Wildman–Crippen LogP) is 3.21. The number of fused-ring (bicyclic) bond motifs is 1. The minimum absolute atomic E-state index is 0.587. The zero-order chi connectivity index (χ0) is 15.8. The Morgan fingerprint density at radius 3 is 2.78 bits per heavy atom. The zero-order valence-electron chi connectivity index (χ0n) is 13.2. The molecule has 0 bridgehead atoms. The standard InChI is InChI=1S/C17H20BrN5/c1-21-9-5-19-17(21)13-2-6-22(7-3-13)12-15-11-20-16-10-14(18)4-8-23(15)16/h4-5,8-11,13H,2-3,6-7,12H2,1H3. The lowest BCUT2D eigenvalue weighted by Gasteiger charge is -2.31. The number of pyridine rings is 1. The summed E-state index contributed by atoms with van der Waals surface area (Å²) in [6.07, 6.45) is 10.4. The molecule has 0 atom stereocenters. The van der Waals surface area contributed by atoms with Crippen molar-refractivity contribution in [3.63, 3.8) is 0 Å². The molecule has 3 aromatic rings. The van der Waals surface area contributed by atoms with Crippen LogP contribution in [0.1, 0.15) is 30.3 Å². The maximum absolute atomic E-state index is 4.52. The summed E-state index contributed by atoms with van der Waals surface area (Å²) in [6.45, 7) is 3.18. The van der Waals surface area contributed by atoms with Crippen LogP contribution < -0.4 is 0 Å². The second-order valence-electron chi connectivity index (χ2n) is 6.27. The number of hydrogen-bond acceptors (Lipinski definition) is 3. The van der Waals surface area contributed by atoms with Gasteiger partial charge in [0.05, 0.1) is 11.9 Å². The fourth-order valence-electron chi connectivity index (χ4n) is 3.47. The average molecular weight is 374 g/mol. The molecule has 0 radical (unpaired) electrons. The van der Waals surface area contributed by atoms with E-state index in [9.17, 15) is 0 Å². The van der Waals surface area contributed by atoms with Crippen LogP contribution in [0, 0.1) is 0 Å². The third kappa shape index (κ3) is 2.93. The molecule has 23 heavy (non-hydrogen) atoms. The maximum atomic E-state index is 4.52. The van der Waals surface area contributed by atoms with Gasteiger partial charge in [-0.2, -0.15) is 0 Å². The molecule has 120 valence electrons. The summed E-state index contributed by atoms with van der Waals surface area (Å²) in [5, 5.41) is 0. The van der Waals surface area contributed by atoms with Crippen molar-refractivity contribution >= 4 is 21.6 Å². The van der Waals surface area contributed by atoms with Gasteiger partial charge in [0.1, 0.15) is 11.5 Å². The number of aromatic nitrogens is 4. The summed E-state index contributed by atoms with van der Waals surface area (Å²) >= 11 is 3.50. The van der Waals surface area contributed by atoms with Crippen LogP contribution in [0.5, 0.6) is 0 Å². The third-order valence-corrected chi connectivity index (χ3v) is 5.24. The summed E-state index contributed by atoms with van der Waals surface area (Å²) < 4.78 is 5.40. The van der Waals surface area contributed by atoms with E-state index in [-0.39, 0.29) is 0 Å². The SMILES string of the molecule is Cn1ccnc1C1CCN(Cc2cnc3cc(Br)ccn23)CC1. The first-order valence-electron chi connectivity index (χ1n) is 8.02. The van der Waals surface area contributed by atoms with Gasteiger partial charge in [0.25, 0.3) is 0 Å². The molecule has 0 amide bonds. The number of piperidine rings is 1. The lowest BCUT2D eigenvalue weighted by Crippen LogP contribution is -2.33. The number of hydrogen-bond donors (Lipinski definition) is 0. The molecule has 3 aromatic heterocycles. The van der Waals surface area contributed by atoms with E-state index in [1.807, 2.05) is 18.6 Å². The van der Waals surface area contributed by atoms with Crippen LogP contribution >= 0.6 is 15.9 Å². The van der Waals surface area contributed by atoms with E-state index >= 15 is 0 Å². The Morgan fingerprint density at radius 1 is 1.22 bits per heavy atom. The molecule has 0 spiro atoms. The Kier molecular flexibility index (Phi) is 3.95. The highest BCUT2D eigenvalue weighted by atomic mass is 79.9. The van der Waals surface area contributed by atoms with E-state index in [2.05, 4.69) is 65.1 Å². The molecule has 0 unspecified atom stereocenters. The Morgan fingerprint density at radius 2 is 2.04 bits per heavy atom. The molecule has 1 fully saturated rings. The highest BCUT2D eigenvalue weighted by Crippen LogP contribution is 2.27. The van der Waals surface area contributed by atoms with E-state index in [1.54, 1.807) is 0 Å². The van der Waals surface area contributed by atoms with Gasteiger partial charge in [-0.25, -0.2) is 9.97 Å². The topological polar surface area (TPSA) is 38.4 Å². The van der Waals surface area contributed by atoms with Gasteiger partial charge in [0.15, 0.2) is 0 Å². The average Bonchev–Trinajstić information content (AvgIpc) is 3.15. The molecule has 1 aliphatic heterocycles. The van der Waals surface area contributed by atoms with Crippen molar-refractivity contribution in [3.8, 4) is 0 Å². The van der Waals surface area contributed by atoms with Gasteiger partial charge in [-0.05, 0) is 38.1 Å². The van der Waals surface area contributed by atoms with E-state index < -0.39 is 0 Å². The molecule has 1 saturated heterocycles. The number of halogens is 1.